The summed E-state index contributed by atoms with van der Waals surface area (Å²) in [6.07, 6.45) is -4.49. The minimum atomic E-state index is -4.49. The first-order chi connectivity index (χ1) is 15.3. The Kier molecular flexibility index (Phi) is 6.14. The van der Waals surface area contributed by atoms with Crippen LogP contribution in [0, 0.1) is 0 Å². The summed E-state index contributed by atoms with van der Waals surface area (Å²) in [5.74, 6) is -0.180. The number of carbonyl (C=O) groups excluding carboxylic acids is 1. The Morgan fingerprint density at radius 3 is 2.00 bits per heavy atom. The minimum Gasteiger partial charge on any atom is -0.329 e. The first kappa shape index (κ1) is 21.8. The van der Waals surface area contributed by atoms with E-state index in [1.807, 2.05) is 60.7 Å². The molecule has 0 spiro atoms. The van der Waals surface area contributed by atoms with Gasteiger partial charge in [-0.1, -0.05) is 60.7 Å². The van der Waals surface area contributed by atoms with Gasteiger partial charge in [-0.15, -0.1) is 11.3 Å². The maximum absolute atomic E-state index is 13.4. The van der Waals surface area contributed by atoms with E-state index in [2.05, 4.69) is 5.10 Å². The molecule has 164 valence electrons. The lowest BCUT2D eigenvalue weighted by Crippen LogP contribution is -2.29. The molecule has 4 aromatic rings. The highest BCUT2D eigenvalue weighted by molar-refractivity contribution is 7.17. The van der Waals surface area contributed by atoms with Crippen LogP contribution >= 0.6 is 11.3 Å². The number of rotatable bonds is 6. The predicted octanol–water partition coefficient (Wildman–Crippen LogP) is 6.01. The number of thiophene rings is 1. The number of aryl methyl sites for hydroxylation is 1. The van der Waals surface area contributed by atoms with E-state index in [0.717, 1.165) is 33.2 Å². The first-order valence-corrected chi connectivity index (χ1v) is 10.7. The largest absolute Gasteiger partial charge is 0.433 e. The van der Waals surface area contributed by atoms with Gasteiger partial charge >= 0.3 is 6.18 Å². The molecule has 0 atom stereocenters. The quantitative estimate of drug-likeness (QED) is 0.357. The summed E-state index contributed by atoms with van der Waals surface area (Å²) in [6.45, 7) is 0.840. The summed E-state index contributed by atoms with van der Waals surface area (Å²) in [4.78, 5) is 16.1. The fraction of sp³-hybridized carbons (Fsp3) is 0.167. The molecule has 8 heteroatoms. The third-order valence-corrected chi connectivity index (χ3v) is 6.05. The number of halogens is 3. The van der Waals surface area contributed by atoms with Crippen molar-refractivity contribution < 1.29 is 18.0 Å². The molecule has 32 heavy (non-hydrogen) atoms. The van der Waals surface area contributed by atoms with Crippen molar-refractivity contribution in [3.05, 3.63) is 101 Å². The van der Waals surface area contributed by atoms with Gasteiger partial charge in [-0.3, -0.25) is 9.48 Å². The van der Waals surface area contributed by atoms with Gasteiger partial charge in [-0.05, 0) is 29.3 Å². The van der Waals surface area contributed by atoms with E-state index in [1.54, 1.807) is 17.0 Å². The van der Waals surface area contributed by atoms with Gasteiger partial charge in [0.25, 0.3) is 5.91 Å². The zero-order valence-electron chi connectivity index (χ0n) is 17.2. The molecule has 2 aromatic carbocycles. The molecule has 0 bridgehead atoms. The SMILES string of the molecule is Cn1nc(-c2ccc(C(=O)N(Cc3ccccc3)Cc3ccccc3)s2)cc1C(F)(F)F. The van der Waals surface area contributed by atoms with Gasteiger partial charge in [0.2, 0.25) is 0 Å². The lowest BCUT2D eigenvalue weighted by atomic mass is 10.1. The van der Waals surface area contributed by atoms with E-state index in [0.29, 0.717) is 22.8 Å². The molecule has 2 aromatic heterocycles. The highest BCUT2D eigenvalue weighted by atomic mass is 32.1. The molecule has 0 unspecified atom stereocenters. The topological polar surface area (TPSA) is 38.1 Å². The Balaban J connectivity index is 1.61. The number of hydrogen-bond acceptors (Lipinski definition) is 3. The van der Waals surface area contributed by atoms with Crippen LogP contribution in [0.3, 0.4) is 0 Å². The van der Waals surface area contributed by atoms with Gasteiger partial charge in [0, 0.05) is 20.1 Å². The molecule has 4 rings (SSSR count). The van der Waals surface area contributed by atoms with Gasteiger partial charge < -0.3 is 4.90 Å². The summed E-state index contributed by atoms with van der Waals surface area (Å²) in [5, 5.41) is 3.98. The lowest BCUT2D eigenvalue weighted by molar-refractivity contribution is -0.143. The van der Waals surface area contributed by atoms with Crippen molar-refractivity contribution in [2.75, 3.05) is 0 Å². The van der Waals surface area contributed by atoms with E-state index >= 15 is 0 Å². The van der Waals surface area contributed by atoms with Crippen LogP contribution in [0.1, 0.15) is 26.5 Å². The molecule has 0 aliphatic rings. The van der Waals surface area contributed by atoms with Crippen molar-refractivity contribution in [1.29, 1.82) is 0 Å². The van der Waals surface area contributed by atoms with Crippen LogP contribution < -0.4 is 0 Å². The Morgan fingerprint density at radius 2 is 1.50 bits per heavy atom. The number of amides is 1. The van der Waals surface area contributed by atoms with E-state index in [9.17, 15) is 18.0 Å². The smallest absolute Gasteiger partial charge is 0.329 e. The zero-order valence-corrected chi connectivity index (χ0v) is 18.0. The number of carbonyl (C=O) groups is 1. The summed E-state index contributed by atoms with van der Waals surface area (Å²) in [6, 6.07) is 23.6. The number of hydrogen-bond donors (Lipinski definition) is 0. The van der Waals surface area contributed by atoms with Crippen LogP contribution in [-0.2, 0) is 26.3 Å². The predicted molar refractivity (Wildman–Crippen MR) is 118 cm³/mol. The van der Waals surface area contributed by atoms with E-state index in [4.69, 9.17) is 0 Å². The molecule has 4 nitrogen and oxygen atoms in total. The second-order valence-corrected chi connectivity index (χ2v) is 8.42. The number of alkyl halides is 3. The van der Waals surface area contributed by atoms with Crippen molar-refractivity contribution >= 4 is 17.2 Å². The average molecular weight is 456 g/mol. The van der Waals surface area contributed by atoms with Crippen molar-refractivity contribution in [1.82, 2.24) is 14.7 Å². The van der Waals surface area contributed by atoms with E-state index in [-0.39, 0.29) is 11.6 Å². The standard InChI is InChI=1S/C24H20F3N3OS/c1-29-22(24(25,26)27)14-19(28-29)20-12-13-21(32-20)23(31)30(15-17-8-4-2-5-9-17)16-18-10-6-3-7-11-18/h2-14H,15-16H2,1H3. The summed E-state index contributed by atoms with van der Waals surface area (Å²) in [7, 11) is 1.26. The normalized spacial score (nSPS) is 11.5. The van der Waals surface area contributed by atoms with Gasteiger partial charge in [0.15, 0.2) is 0 Å². The summed E-state index contributed by atoms with van der Waals surface area (Å²) >= 11 is 1.14. The Morgan fingerprint density at radius 1 is 0.938 bits per heavy atom. The van der Waals surface area contributed by atoms with E-state index in [1.165, 1.54) is 7.05 Å². The summed E-state index contributed by atoms with van der Waals surface area (Å²) < 4.78 is 40.2. The van der Waals surface area contributed by atoms with Crippen LogP contribution in [-0.4, -0.2) is 20.6 Å². The average Bonchev–Trinajstić information content (AvgIpc) is 3.41. The third-order valence-electron chi connectivity index (χ3n) is 4.96. The van der Waals surface area contributed by atoms with Gasteiger partial charge in [0.1, 0.15) is 11.4 Å². The molecule has 0 radical (unpaired) electrons. The molecule has 0 aliphatic heterocycles. The van der Waals surface area contributed by atoms with Crippen LogP contribution in [0.5, 0.6) is 0 Å². The Hall–Kier alpha value is -3.39. The number of aromatic nitrogens is 2. The first-order valence-electron chi connectivity index (χ1n) is 9.90. The molecule has 0 N–H and O–H groups in total. The molecule has 0 saturated heterocycles. The molecule has 0 aliphatic carbocycles. The van der Waals surface area contributed by atoms with Crippen molar-refractivity contribution in [2.45, 2.75) is 19.3 Å². The van der Waals surface area contributed by atoms with Crippen LogP contribution in [0.2, 0.25) is 0 Å². The lowest BCUT2D eigenvalue weighted by Gasteiger charge is -2.22. The third kappa shape index (κ3) is 4.91. The van der Waals surface area contributed by atoms with Gasteiger partial charge in [-0.25, -0.2) is 0 Å². The molecular weight excluding hydrogens is 435 g/mol. The molecule has 0 saturated carbocycles. The minimum absolute atomic E-state index is 0.180. The molecule has 1 amide bonds. The zero-order chi connectivity index (χ0) is 22.7. The fourth-order valence-corrected chi connectivity index (χ4v) is 4.34. The Bertz CT molecular complexity index is 1160. The fourth-order valence-electron chi connectivity index (χ4n) is 3.41. The highest BCUT2D eigenvalue weighted by Crippen LogP contribution is 2.34. The van der Waals surface area contributed by atoms with E-state index < -0.39 is 11.9 Å². The van der Waals surface area contributed by atoms with Crippen LogP contribution in [0.4, 0.5) is 13.2 Å². The monoisotopic (exact) mass is 455 g/mol. The second-order valence-electron chi connectivity index (χ2n) is 7.33. The van der Waals surface area contributed by atoms with Gasteiger partial charge in [-0.2, -0.15) is 18.3 Å². The van der Waals surface area contributed by atoms with Gasteiger partial charge in [0.05, 0.1) is 9.75 Å². The molecule has 0 fully saturated rings. The highest BCUT2D eigenvalue weighted by Gasteiger charge is 2.35. The molecule has 2 heterocycles. The maximum Gasteiger partial charge on any atom is 0.433 e. The second kappa shape index (κ2) is 9.00. The number of nitrogens with zero attached hydrogens (tertiary/aromatic N) is 3. The maximum atomic E-state index is 13.4. The Labute approximate surface area is 187 Å². The van der Waals surface area contributed by atoms with Crippen molar-refractivity contribution in [3.63, 3.8) is 0 Å². The number of benzene rings is 2. The molecular formula is C24H20F3N3OS. The van der Waals surface area contributed by atoms with Crippen molar-refractivity contribution in [3.8, 4) is 10.6 Å². The van der Waals surface area contributed by atoms with Crippen molar-refractivity contribution in [2.24, 2.45) is 7.05 Å². The van der Waals surface area contributed by atoms with Crippen LogP contribution in [0.15, 0.2) is 78.9 Å². The van der Waals surface area contributed by atoms with Crippen LogP contribution in [0.25, 0.3) is 10.6 Å². The summed E-state index contributed by atoms with van der Waals surface area (Å²) in [5.41, 5.74) is 1.35.